The van der Waals surface area contributed by atoms with Gasteiger partial charge in [-0.25, -0.2) is 9.78 Å². The molecule has 2 aromatic heterocycles. The second kappa shape index (κ2) is 5.30. The number of hydrogen-bond donors (Lipinski definition) is 1. The van der Waals surface area contributed by atoms with Gasteiger partial charge >= 0.3 is 5.63 Å². The molecule has 0 unspecified atom stereocenters. The van der Waals surface area contributed by atoms with E-state index in [1.54, 1.807) is 24.0 Å². The molecule has 6 heteroatoms. The molecular formula is C14H12N2O2S2. The maximum atomic E-state index is 11.6. The smallest absolute Gasteiger partial charge is 0.336 e. The lowest BCUT2D eigenvalue weighted by Gasteiger charge is -2.04. The number of aryl methyl sites for hydroxylation is 1. The molecule has 0 spiro atoms. The van der Waals surface area contributed by atoms with Gasteiger partial charge in [0.05, 0.1) is 10.4 Å². The van der Waals surface area contributed by atoms with E-state index in [9.17, 15) is 4.79 Å². The van der Waals surface area contributed by atoms with Gasteiger partial charge in [-0.3, -0.25) is 0 Å². The molecular weight excluding hydrogens is 292 g/mol. The molecule has 0 saturated carbocycles. The number of nitrogens with zero attached hydrogens (tertiary/aromatic N) is 1. The van der Waals surface area contributed by atoms with E-state index in [0.29, 0.717) is 16.5 Å². The van der Waals surface area contributed by atoms with E-state index < -0.39 is 0 Å². The Morgan fingerprint density at radius 2 is 2.25 bits per heavy atom. The Bertz CT molecular complexity index is 823. The summed E-state index contributed by atoms with van der Waals surface area (Å²) in [5, 5.41) is 1.53. The minimum absolute atomic E-state index is 0.317. The maximum absolute atomic E-state index is 11.6. The number of benzene rings is 1. The van der Waals surface area contributed by atoms with Crippen LogP contribution in [-0.4, -0.2) is 4.98 Å². The van der Waals surface area contributed by atoms with Gasteiger partial charge in [0.25, 0.3) is 0 Å². The number of thiazole rings is 1. The third-order valence-corrected chi connectivity index (χ3v) is 4.93. The first kappa shape index (κ1) is 13.2. The molecule has 0 aliphatic carbocycles. The molecule has 2 heterocycles. The van der Waals surface area contributed by atoms with Crippen molar-refractivity contribution >= 4 is 39.2 Å². The fourth-order valence-electron chi connectivity index (χ4n) is 1.94. The Morgan fingerprint density at radius 1 is 1.40 bits per heavy atom. The summed E-state index contributed by atoms with van der Waals surface area (Å²) < 4.78 is 6.28. The summed E-state index contributed by atoms with van der Waals surface area (Å²) in [7, 11) is 0. The van der Waals surface area contributed by atoms with Crippen LogP contribution in [0.15, 0.2) is 43.9 Å². The predicted molar refractivity (Wildman–Crippen MR) is 83.3 cm³/mol. The van der Waals surface area contributed by atoms with Crippen molar-refractivity contribution in [3.05, 3.63) is 52.0 Å². The van der Waals surface area contributed by atoms with Gasteiger partial charge in [0.15, 0.2) is 5.13 Å². The van der Waals surface area contributed by atoms with E-state index in [2.05, 4.69) is 4.98 Å². The zero-order chi connectivity index (χ0) is 14.1. The summed E-state index contributed by atoms with van der Waals surface area (Å²) >= 11 is 3.06. The second-order valence-corrected chi connectivity index (χ2v) is 6.73. The highest BCUT2D eigenvalue weighted by atomic mass is 32.2. The van der Waals surface area contributed by atoms with Crippen LogP contribution in [0.5, 0.6) is 0 Å². The topological polar surface area (TPSA) is 69.1 Å². The summed E-state index contributed by atoms with van der Waals surface area (Å²) in [6.07, 6.45) is 1.75. The SMILES string of the molecule is Cc1ccc2c(CSc3cnc(N)s3)cc(=O)oc2c1. The number of rotatable bonds is 3. The predicted octanol–water partition coefficient (Wildman–Crippen LogP) is 3.43. The minimum Gasteiger partial charge on any atom is -0.423 e. The van der Waals surface area contributed by atoms with Gasteiger partial charge in [-0.1, -0.05) is 23.5 Å². The first-order valence-corrected chi connectivity index (χ1v) is 7.79. The van der Waals surface area contributed by atoms with E-state index >= 15 is 0 Å². The lowest BCUT2D eigenvalue weighted by molar-refractivity contribution is 0.559. The number of fused-ring (bicyclic) bond motifs is 1. The zero-order valence-corrected chi connectivity index (χ0v) is 12.4. The van der Waals surface area contributed by atoms with Crippen LogP contribution in [0.2, 0.25) is 0 Å². The van der Waals surface area contributed by atoms with Crippen LogP contribution in [-0.2, 0) is 5.75 Å². The molecule has 102 valence electrons. The number of nitrogen functional groups attached to an aromatic ring is 1. The highest BCUT2D eigenvalue weighted by Gasteiger charge is 2.07. The Hall–Kier alpha value is -1.79. The van der Waals surface area contributed by atoms with E-state index in [0.717, 1.165) is 20.7 Å². The second-order valence-electron chi connectivity index (χ2n) is 4.40. The molecule has 0 radical (unpaired) electrons. The summed E-state index contributed by atoms with van der Waals surface area (Å²) in [6, 6.07) is 7.44. The molecule has 0 fully saturated rings. The molecule has 2 N–H and O–H groups in total. The van der Waals surface area contributed by atoms with Crippen LogP contribution >= 0.6 is 23.1 Å². The number of hydrogen-bond acceptors (Lipinski definition) is 6. The Kier molecular flexibility index (Phi) is 3.50. The molecule has 1 aromatic carbocycles. The molecule has 0 saturated heterocycles. The lowest BCUT2D eigenvalue weighted by atomic mass is 10.1. The maximum Gasteiger partial charge on any atom is 0.336 e. The summed E-state index contributed by atoms with van der Waals surface area (Å²) in [4.78, 5) is 15.6. The van der Waals surface area contributed by atoms with E-state index in [4.69, 9.17) is 10.2 Å². The number of aromatic nitrogens is 1. The largest absolute Gasteiger partial charge is 0.423 e. The first-order chi connectivity index (χ1) is 9.61. The summed E-state index contributed by atoms with van der Waals surface area (Å²) in [6.45, 7) is 1.97. The Labute approximate surface area is 123 Å². The average Bonchev–Trinajstić information content (AvgIpc) is 2.81. The molecule has 0 amide bonds. The van der Waals surface area contributed by atoms with Gasteiger partial charge in [-0.05, 0) is 24.1 Å². The van der Waals surface area contributed by atoms with E-state index in [-0.39, 0.29) is 5.63 Å². The van der Waals surface area contributed by atoms with Crippen molar-refractivity contribution in [2.24, 2.45) is 0 Å². The van der Waals surface area contributed by atoms with Gasteiger partial charge in [0.1, 0.15) is 5.58 Å². The van der Waals surface area contributed by atoms with Gasteiger partial charge in [0, 0.05) is 17.2 Å². The number of thioether (sulfide) groups is 1. The molecule has 0 bridgehead atoms. The summed E-state index contributed by atoms with van der Waals surface area (Å²) in [5.41, 5.74) is 7.96. The number of nitrogens with two attached hydrogens (primary N) is 1. The molecule has 3 aromatic rings. The molecule has 20 heavy (non-hydrogen) atoms. The molecule has 4 nitrogen and oxygen atoms in total. The quantitative estimate of drug-likeness (QED) is 0.593. The Balaban J connectivity index is 1.96. The van der Waals surface area contributed by atoms with Crippen molar-refractivity contribution in [1.82, 2.24) is 4.98 Å². The molecule has 0 atom stereocenters. The van der Waals surface area contributed by atoms with Crippen LogP contribution in [0.4, 0.5) is 5.13 Å². The molecule has 0 aliphatic rings. The van der Waals surface area contributed by atoms with Crippen molar-refractivity contribution in [3.8, 4) is 0 Å². The van der Waals surface area contributed by atoms with Crippen LogP contribution in [0.3, 0.4) is 0 Å². The Morgan fingerprint density at radius 3 is 3.00 bits per heavy atom. The van der Waals surface area contributed by atoms with Crippen LogP contribution in [0.25, 0.3) is 11.0 Å². The zero-order valence-electron chi connectivity index (χ0n) is 10.8. The third-order valence-electron chi connectivity index (χ3n) is 2.86. The first-order valence-electron chi connectivity index (χ1n) is 5.99. The van der Waals surface area contributed by atoms with Crippen molar-refractivity contribution in [3.63, 3.8) is 0 Å². The highest BCUT2D eigenvalue weighted by molar-refractivity contribution is 8.00. The lowest BCUT2D eigenvalue weighted by Crippen LogP contribution is -1.99. The van der Waals surface area contributed by atoms with Gasteiger partial charge in [-0.15, -0.1) is 11.8 Å². The third kappa shape index (κ3) is 2.71. The fourth-order valence-corrected chi connectivity index (χ4v) is 3.69. The van der Waals surface area contributed by atoms with Gasteiger partial charge in [0.2, 0.25) is 0 Å². The normalized spacial score (nSPS) is 11.1. The summed E-state index contributed by atoms with van der Waals surface area (Å²) in [5.74, 6) is 0.687. The van der Waals surface area contributed by atoms with Crippen molar-refractivity contribution in [2.45, 2.75) is 16.9 Å². The van der Waals surface area contributed by atoms with E-state index in [1.807, 2.05) is 25.1 Å². The van der Waals surface area contributed by atoms with Gasteiger partial charge in [-0.2, -0.15) is 0 Å². The monoisotopic (exact) mass is 304 g/mol. The average molecular weight is 304 g/mol. The van der Waals surface area contributed by atoms with Crippen molar-refractivity contribution < 1.29 is 4.42 Å². The van der Waals surface area contributed by atoms with Crippen molar-refractivity contribution in [2.75, 3.05) is 5.73 Å². The fraction of sp³-hybridized carbons (Fsp3) is 0.143. The van der Waals surface area contributed by atoms with Crippen LogP contribution < -0.4 is 11.4 Å². The minimum atomic E-state index is -0.317. The highest BCUT2D eigenvalue weighted by Crippen LogP contribution is 2.31. The standard InChI is InChI=1S/C14H12N2O2S2/c1-8-2-3-10-9(5-12(17)18-11(10)4-8)7-19-13-6-16-14(15)20-13/h2-6H,7H2,1H3,(H2,15,16). The van der Waals surface area contributed by atoms with Crippen LogP contribution in [0.1, 0.15) is 11.1 Å². The number of anilines is 1. The van der Waals surface area contributed by atoms with Crippen LogP contribution in [0, 0.1) is 6.92 Å². The molecule has 3 rings (SSSR count). The van der Waals surface area contributed by atoms with Crippen molar-refractivity contribution in [1.29, 1.82) is 0 Å². The molecule has 0 aliphatic heterocycles. The van der Waals surface area contributed by atoms with Gasteiger partial charge < -0.3 is 10.2 Å². The van der Waals surface area contributed by atoms with E-state index in [1.165, 1.54) is 11.3 Å².